The van der Waals surface area contributed by atoms with Crippen LogP contribution in [0.25, 0.3) is 16.2 Å². The summed E-state index contributed by atoms with van der Waals surface area (Å²) in [6.07, 6.45) is 1.29. The van der Waals surface area contributed by atoms with Crippen molar-refractivity contribution < 1.29 is 14.3 Å². The number of amides is 2. The monoisotopic (exact) mass is 420 g/mol. The van der Waals surface area contributed by atoms with Crippen molar-refractivity contribution in [2.45, 2.75) is 26.4 Å². The molecule has 0 aliphatic heterocycles. The number of hydrogen-bond acceptors (Lipinski definition) is 5. The van der Waals surface area contributed by atoms with E-state index in [1.165, 1.54) is 11.3 Å². The first-order valence-corrected chi connectivity index (χ1v) is 9.97. The lowest BCUT2D eigenvalue weighted by Gasteiger charge is -2.19. The van der Waals surface area contributed by atoms with Gasteiger partial charge in [0.1, 0.15) is 17.0 Å². The summed E-state index contributed by atoms with van der Waals surface area (Å²) in [5, 5.41) is 7.91. The minimum atomic E-state index is -0.567. The molecule has 0 saturated heterocycles. The van der Waals surface area contributed by atoms with Crippen LogP contribution in [-0.2, 0) is 4.74 Å². The first-order chi connectivity index (χ1) is 13.2. The molecule has 9 heteroatoms. The molecule has 0 aliphatic carbocycles. The number of nitrogens with zero attached hydrogens (tertiary/aromatic N) is 2. The second-order valence-electron chi connectivity index (χ2n) is 7.06. The molecular weight excluding hydrogens is 400 g/mol. The molecule has 1 aromatic carbocycles. The van der Waals surface area contributed by atoms with Crippen LogP contribution in [0.4, 0.5) is 4.79 Å². The van der Waals surface area contributed by atoms with Gasteiger partial charge < -0.3 is 15.4 Å². The molecule has 28 heavy (non-hydrogen) atoms. The molecule has 3 rings (SSSR count). The van der Waals surface area contributed by atoms with E-state index in [0.717, 1.165) is 10.5 Å². The largest absolute Gasteiger partial charge is 0.444 e. The Labute approximate surface area is 171 Å². The number of carbonyl (C=O) groups is 2. The number of carbonyl (C=O) groups excluding carboxylic acids is 2. The quantitative estimate of drug-likeness (QED) is 0.611. The van der Waals surface area contributed by atoms with Crippen LogP contribution in [0.15, 0.2) is 35.8 Å². The third-order valence-electron chi connectivity index (χ3n) is 3.67. The van der Waals surface area contributed by atoms with Crippen LogP contribution in [0, 0.1) is 0 Å². The van der Waals surface area contributed by atoms with E-state index in [-0.39, 0.29) is 19.0 Å². The number of halogens is 1. The summed E-state index contributed by atoms with van der Waals surface area (Å²) >= 11 is 7.41. The van der Waals surface area contributed by atoms with Gasteiger partial charge in [0, 0.05) is 35.3 Å². The van der Waals surface area contributed by atoms with Gasteiger partial charge in [0.25, 0.3) is 5.91 Å². The molecule has 0 saturated carbocycles. The maximum Gasteiger partial charge on any atom is 0.407 e. The zero-order valence-corrected chi connectivity index (χ0v) is 17.4. The average Bonchev–Trinajstić information content (AvgIpc) is 3.18. The fourth-order valence-corrected chi connectivity index (χ4v) is 3.39. The van der Waals surface area contributed by atoms with Gasteiger partial charge in [0.2, 0.25) is 0 Å². The van der Waals surface area contributed by atoms with Crippen LogP contribution < -0.4 is 10.6 Å². The van der Waals surface area contributed by atoms with E-state index in [1.54, 1.807) is 43.5 Å². The number of nitrogens with one attached hydrogen (secondary N) is 2. The lowest BCUT2D eigenvalue weighted by molar-refractivity contribution is 0.0526. The third kappa shape index (κ3) is 4.82. The molecule has 0 spiro atoms. The van der Waals surface area contributed by atoms with Gasteiger partial charge in [-0.3, -0.25) is 9.20 Å². The third-order valence-corrected chi connectivity index (χ3v) is 4.68. The Morgan fingerprint density at radius 3 is 2.54 bits per heavy atom. The molecular formula is C19H21ClN4O3S. The average molecular weight is 421 g/mol. The van der Waals surface area contributed by atoms with Crippen LogP contribution in [0.2, 0.25) is 5.02 Å². The maximum absolute atomic E-state index is 12.8. The Morgan fingerprint density at radius 2 is 1.86 bits per heavy atom. The van der Waals surface area contributed by atoms with E-state index < -0.39 is 11.7 Å². The van der Waals surface area contributed by atoms with Crippen molar-refractivity contribution in [3.8, 4) is 11.3 Å². The van der Waals surface area contributed by atoms with E-state index in [0.29, 0.717) is 16.4 Å². The lowest BCUT2D eigenvalue weighted by Crippen LogP contribution is -2.38. The van der Waals surface area contributed by atoms with Crippen molar-refractivity contribution in [1.29, 1.82) is 0 Å². The van der Waals surface area contributed by atoms with Crippen molar-refractivity contribution in [2.75, 3.05) is 13.1 Å². The smallest absolute Gasteiger partial charge is 0.407 e. The molecule has 0 atom stereocenters. The van der Waals surface area contributed by atoms with Crippen LogP contribution >= 0.6 is 22.9 Å². The van der Waals surface area contributed by atoms with Crippen LogP contribution in [0.5, 0.6) is 0 Å². The van der Waals surface area contributed by atoms with E-state index in [4.69, 9.17) is 16.3 Å². The van der Waals surface area contributed by atoms with Gasteiger partial charge in [-0.05, 0) is 32.9 Å². The molecule has 0 bridgehead atoms. The van der Waals surface area contributed by atoms with Crippen molar-refractivity contribution >= 4 is 39.9 Å². The summed E-state index contributed by atoms with van der Waals surface area (Å²) in [5.74, 6) is -0.276. The molecule has 0 aliphatic rings. The fraction of sp³-hybridized carbons (Fsp3) is 0.316. The molecule has 2 N–H and O–H groups in total. The van der Waals surface area contributed by atoms with Gasteiger partial charge in [-0.15, -0.1) is 11.3 Å². The number of alkyl carbamates (subject to hydrolysis) is 1. The summed E-state index contributed by atoms with van der Waals surface area (Å²) in [5.41, 5.74) is 1.26. The standard InChI is InChI=1S/C19H21ClN4O3S/c1-19(2,3)27-18(26)22-9-8-21-16(25)15-14(12-4-6-13(20)7-5-12)23-17-24(15)10-11-28-17/h4-7,10-11H,8-9H2,1-3H3,(H,21,25)(H,22,26). The molecule has 0 radical (unpaired) electrons. The number of aromatic nitrogens is 2. The summed E-state index contributed by atoms with van der Waals surface area (Å²) in [6, 6.07) is 7.18. The summed E-state index contributed by atoms with van der Waals surface area (Å²) in [4.78, 5) is 29.8. The zero-order chi connectivity index (χ0) is 20.3. The lowest BCUT2D eigenvalue weighted by atomic mass is 10.1. The number of thiazole rings is 1. The normalized spacial score (nSPS) is 11.4. The number of imidazole rings is 1. The highest BCUT2D eigenvalue weighted by atomic mass is 35.5. The highest BCUT2D eigenvalue weighted by molar-refractivity contribution is 7.15. The van der Waals surface area contributed by atoms with E-state index in [1.807, 2.05) is 17.5 Å². The van der Waals surface area contributed by atoms with Gasteiger partial charge in [0.05, 0.1) is 0 Å². The predicted molar refractivity (Wildman–Crippen MR) is 110 cm³/mol. The molecule has 2 amide bonds. The van der Waals surface area contributed by atoms with Gasteiger partial charge in [-0.1, -0.05) is 23.7 Å². The van der Waals surface area contributed by atoms with Gasteiger partial charge in [-0.25, -0.2) is 9.78 Å². The van der Waals surface area contributed by atoms with Gasteiger partial charge in [-0.2, -0.15) is 0 Å². The topological polar surface area (TPSA) is 84.7 Å². The van der Waals surface area contributed by atoms with Crippen LogP contribution in [-0.4, -0.2) is 40.1 Å². The number of fused-ring (bicyclic) bond motifs is 1. The second kappa shape index (κ2) is 8.20. The Bertz CT molecular complexity index is 989. The number of rotatable bonds is 5. The van der Waals surface area contributed by atoms with E-state index in [2.05, 4.69) is 15.6 Å². The van der Waals surface area contributed by atoms with Crippen molar-refractivity contribution in [2.24, 2.45) is 0 Å². The minimum Gasteiger partial charge on any atom is -0.444 e. The SMILES string of the molecule is CC(C)(C)OC(=O)NCCNC(=O)c1c(-c2ccc(Cl)cc2)nc2sccn12. The molecule has 2 heterocycles. The van der Waals surface area contributed by atoms with Crippen molar-refractivity contribution in [1.82, 2.24) is 20.0 Å². The van der Waals surface area contributed by atoms with E-state index in [9.17, 15) is 9.59 Å². The molecule has 148 valence electrons. The molecule has 0 unspecified atom stereocenters. The Morgan fingerprint density at radius 1 is 1.18 bits per heavy atom. The Hall–Kier alpha value is -2.58. The van der Waals surface area contributed by atoms with Gasteiger partial charge >= 0.3 is 6.09 Å². The number of hydrogen-bond donors (Lipinski definition) is 2. The fourth-order valence-electron chi connectivity index (χ4n) is 2.55. The van der Waals surface area contributed by atoms with Gasteiger partial charge in [0.15, 0.2) is 4.96 Å². The maximum atomic E-state index is 12.8. The molecule has 0 fully saturated rings. The predicted octanol–water partition coefficient (Wildman–Crippen LogP) is 3.97. The zero-order valence-electron chi connectivity index (χ0n) is 15.8. The summed E-state index contributed by atoms with van der Waals surface area (Å²) in [6.45, 7) is 5.88. The minimum absolute atomic E-state index is 0.252. The van der Waals surface area contributed by atoms with Crippen LogP contribution in [0.3, 0.4) is 0 Å². The molecule has 7 nitrogen and oxygen atoms in total. The Kier molecular flexibility index (Phi) is 5.90. The summed E-state index contributed by atoms with van der Waals surface area (Å²) < 4.78 is 6.92. The second-order valence-corrected chi connectivity index (χ2v) is 8.37. The number of ether oxygens (including phenoxy) is 1. The highest BCUT2D eigenvalue weighted by Gasteiger charge is 2.21. The number of benzene rings is 1. The molecule has 2 aromatic heterocycles. The van der Waals surface area contributed by atoms with Crippen molar-refractivity contribution in [3.63, 3.8) is 0 Å². The first-order valence-electron chi connectivity index (χ1n) is 8.71. The molecule has 3 aromatic rings. The highest BCUT2D eigenvalue weighted by Crippen LogP contribution is 2.27. The van der Waals surface area contributed by atoms with E-state index >= 15 is 0 Å². The Balaban J connectivity index is 1.69. The summed E-state index contributed by atoms with van der Waals surface area (Å²) in [7, 11) is 0. The first kappa shape index (κ1) is 20.2. The van der Waals surface area contributed by atoms with Crippen LogP contribution in [0.1, 0.15) is 31.3 Å². The van der Waals surface area contributed by atoms with Crippen molar-refractivity contribution in [3.05, 3.63) is 46.6 Å².